The molecule has 0 unspecified atom stereocenters. The van der Waals surface area contributed by atoms with Gasteiger partial charge in [0.15, 0.2) is 0 Å². The highest BCUT2D eigenvalue weighted by atomic mass is 16.5. The van der Waals surface area contributed by atoms with Gasteiger partial charge < -0.3 is 9.15 Å². The van der Waals surface area contributed by atoms with Crippen molar-refractivity contribution in [1.29, 1.82) is 0 Å². The first kappa shape index (κ1) is 15.1. The molecule has 1 fully saturated rings. The van der Waals surface area contributed by atoms with Crippen molar-refractivity contribution in [2.45, 2.75) is 52.1 Å². The van der Waals surface area contributed by atoms with Crippen LogP contribution in [0.4, 0.5) is 0 Å². The van der Waals surface area contributed by atoms with Crippen LogP contribution in [0.2, 0.25) is 0 Å². The molecule has 0 N–H and O–H groups in total. The molecule has 4 heteroatoms. The molecule has 0 atom stereocenters. The summed E-state index contributed by atoms with van der Waals surface area (Å²) in [5.74, 6) is 2.00. The van der Waals surface area contributed by atoms with Crippen LogP contribution in [0.15, 0.2) is 10.5 Å². The van der Waals surface area contributed by atoms with Gasteiger partial charge in [0.25, 0.3) is 0 Å². The SMILES string of the molecule is COC(=O)c1cc(CN(C)C2CCC(C)CC2)oc1C. The second-order valence-corrected chi connectivity index (χ2v) is 6.00. The lowest BCUT2D eigenvalue weighted by atomic mass is 9.87. The zero-order chi connectivity index (χ0) is 14.7. The van der Waals surface area contributed by atoms with Gasteiger partial charge in [0.05, 0.1) is 13.7 Å². The van der Waals surface area contributed by atoms with Crippen LogP contribution >= 0.6 is 0 Å². The monoisotopic (exact) mass is 279 g/mol. The highest BCUT2D eigenvalue weighted by Crippen LogP contribution is 2.27. The number of methoxy groups -OCH3 is 1. The van der Waals surface area contributed by atoms with Crippen LogP contribution in [0.25, 0.3) is 0 Å². The number of ether oxygens (including phenoxy) is 1. The van der Waals surface area contributed by atoms with Crippen LogP contribution in [0.3, 0.4) is 0 Å². The van der Waals surface area contributed by atoms with Gasteiger partial charge in [-0.25, -0.2) is 4.79 Å². The zero-order valence-corrected chi connectivity index (χ0v) is 12.9. The maximum absolute atomic E-state index is 11.6. The van der Waals surface area contributed by atoms with Crippen LogP contribution in [-0.2, 0) is 11.3 Å². The molecule has 0 amide bonds. The van der Waals surface area contributed by atoms with Crippen molar-refractivity contribution in [2.24, 2.45) is 5.92 Å². The smallest absolute Gasteiger partial charge is 0.341 e. The number of hydrogen-bond acceptors (Lipinski definition) is 4. The summed E-state index contributed by atoms with van der Waals surface area (Å²) in [6.45, 7) is 4.88. The lowest BCUT2D eigenvalue weighted by Crippen LogP contribution is -2.34. The van der Waals surface area contributed by atoms with Gasteiger partial charge in [-0.1, -0.05) is 6.92 Å². The first-order valence-electron chi connectivity index (χ1n) is 7.39. The first-order valence-corrected chi connectivity index (χ1v) is 7.39. The summed E-state index contributed by atoms with van der Waals surface area (Å²) in [6.07, 6.45) is 5.11. The summed E-state index contributed by atoms with van der Waals surface area (Å²) in [4.78, 5) is 13.9. The van der Waals surface area contributed by atoms with E-state index in [0.717, 1.165) is 18.2 Å². The number of furan rings is 1. The second-order valence-electron chi connectivity index (χ2n) is 6.00. The van der Waals surface area contributed by atoms with Crippen molar-refractivity contribution in [3.05, 3.63) is 23.2 Å². The molecule has 1 aromatic heterocycles. The molecule has 0 aliphatic heterocycles. The van der Waals surface area contributed by atoms with Gasteiger partial charge in [-0.05, 0) is 51.6 Å². The third kappa shape index (κ3) is 3.42. The molecular formula is C16H25NO3. The minimum absolute atomic E-state index is 0.327. The van der Waals surface area contributed by atoms with Gasteiger partial charge >= 0.3 is 5.97 Å². The van der Waals surface area contributed by atoms with E-state index in [1.165, 1.54) is 32.8 Å². The third-order valence-corrected chi connectivity index (χ3v) is 4.39. The van der Waals surface area contributed by atoms with Gasteiger partial charge in [-0.15, -0.1) is 0 Å². The molecule has 1 aliphatic carbocycles. The Morgan fingerprint density at radius 1 is 1.40 bits per heavy atom. The topological polar surface area (TPSA) is 42.7 Å². The van der Waals surface area contributed by atoms with E-state index in [0.29, 0.717) is 17.4 Å². The van der Waals surface area contributed by atoms with Crippen molar-refractivity contribution < 1.29 is 13.9 Å². The van der Waals surface area contributed by atoms with Crippen molar-refractivity contribution in [3.63, 3.8) is 0 Å². The number of rotatable bonds is 4. The molecular weight excluding hydrogens is 254 g/mol. The molecule has 0 saturated heterocycles. The fraction of sp³-hybridized carbons (Fsp3) is 0.688. The predicted molar refractivity (Wildman–Crippen MR) is 77.7 cm³/mol. The van der Waals surface area contributed by atoms with Gasteiger partial charge in [0, 0.05) is 6.04 Å². The van der Waals surface area contributed by atoms with Gasteiger partial charge in [-0.2, -0.15) is 0 Å². The summed E-state index contributed by atoms with van der Waals surface area (Å²) in [7, 11) is 3.53. The minimum atomic E-state index is -0.327. The van der Waals surface area contributed by atoms with Crippen LogP contribution < -0.4 is 0 Å². The molecule has 1 aromatic rings. The van der Waals surface area contributed by atoms with Crippen molar-refractivity contribution in [3.8, 4) is 0 Å². The fourth-order valence-electron chi connectivity index (χ4n) is 2.99. The normalized spacial score (nSPS) is 23.1. The van der Waals surface area contributed by atoms with E-state index >= 15 is 0 Å². The van der Waals surface area contributed by atoms with Gasteiger partial charge in [0.1, 0.15) is 17.1 Å². The average molecular weight is 279 g/mol. The van der Waals surface area contributed by atoms with E-state index in [2.05, 4.69) is 18.9 Å². The summed E-state index contributed by atoms with van der Waals surface area (Å²) < 4.78 is 10.4. The predicted octanol–water partition coefficient (Wildman–Crippen LogP) is 3.39. The Balaban J connectivity index is 1.97. The van der Waals surface area contributed by atoms with Gasteiger partial charge in [0.2, 0.25) is 0 Å². The van der Waals surface area contributed by atoms with Crippen LogP contribution in [-0.4, -0.2) is 31.1 Å². The Labute approximate surface area is 121 Å². The average Bonchev–Trinajstić information content (AvgIpc) is 2.79. The highest BCUT2D eigenvalue weighted by Gasteiger charge is 2.23. The molecule has 0 spiro atoms. The number of nitrogens with zero attached hydrogens (tertiary/aromatic N) is 1. The van der Waals surface area contributed by atoms with E-state index in [1.807, 2.05) is 6.07 Å². The number of esters is 1. The molecule has 4 nitrogen and oxygen atoms in total. The quantitative estimate of drug-likeness (QED) is 0.792. The Hall–Kier alpha value is -1.29. The molecule has 20 heavy (non-hydrogen) atoms. The summed E-state index contributed by atoms with van der Waals surface area (Å²) in [6, 6.07) is 2.43. The second kappa shape index (κ2) is 6.44. The van der Waals surface area contributed by atoms with Crippen LogP contribution in [0.5, 0.6) is 0 Å². The number of carbonyl (C=O) groups excluding carboxylic acids is 1. The zero-order valence-electron chi connectivity index (χ0n) is 12.9. The maximum atomic E-state index is 11.6. The van der Waals surface area contributed by atoms with Crippen molar-refractivity contribution in [2.75, 3.05) is 14.2 Å². The summed E-state index contributed by atoms with van der Waals surface area (Å²) in [5.41, 5.74) is 0.535. The Bertz CT molecular complexity index is 458. The molecule has 0 bridgehead atoms. The van der Waals surface area contributed by atoms with Crippen molar-refractivity contribution >= 4 is 5.97 Å². The number of aryl methyl sites for hydroxylation is 1. The molecule has 1 saturated carbocycles. The Morgan fingerprint density at radius 2 is 2.05 bits per heavy atom. The molecule has 0 aromatic carbocycles. The van der Waals surface area contributed by atoms with Crippen LogP contribution in [0.1, 0.15) is 54.5 Å². The van der Waals surface area contributed by atoms with Crippen molar-refractivity contribution in [1.82, 2.24) is 4.90 Å². The summed E-state index contributed by atoms with van der Waals surface area (Å²) >= 11 is 0. The molecule has 2 rings (SSSR count). The minimum Gasteiger partial charge on any atom is -0.465 e. The molecule has 112 valence electrons. The lowest BCUT2D eigenvalue weighted by molar-refractivity contribution is 0.0599. The largest absolute Gasteiger partial charge is 0.465 e. The standard InChI is InChI=1S/C16H25NO3/c1-11-5-7-13(8-6-11)17(3)10-14-9-15(12(2)20-14)16(18)19-4/h9,11,13H,5-8,10H2,1-4H3. The maximum Gasteiger partial charge on any atom is 0.341 e. The van der Waals surface area contributed by atoms with E-state index in [9.17, 15) is 4.79 Å². The molecule has 1 heterocycles. The third-order valence-electron chi connectivity index (χ3n) is 4.39. The fourth-order valence-corrected chi connectivity index (χ4v) is 2.99. The van der Waals surface area contributed by atoms with E-state index in [4.69, 9.17) is 9.15 Å². The highest BCUT2D eigenvalue weighted by molar-refractivity contribution is 5.90. The summed E-state index contributed by atoms with van der Waals surface area (Å²) in [5, 5.41) is 0. The molecule has 0 radical (unpaired) electrons. The first-order chi connectivity index (χ1) is 9.51. The number of hydrogen-bond donors (Lipinski definition) is 0. The van der Waals surface area contributed by atoms with Crippen LogP contribution in [0, 0.1) is 12.8 Å². The lowest BCUT2D eigenvalue weighted by Gasteiger charge is -2.33. The number of carbonyl (C=O) groups is 1. The van der Waals surface area contributed by atoms with E-state index in [-0.39, 0.29) is 5.97 Å². The van der Waals surface area contributed by atoms with E-state index in [1.54, 1.807) is 6.92 Å². The Kier molecular flexibility index (Phi) is 4.86. The van der Waals surface area contributed by atoms with Gasteiger partial charge in [-0.3, -0.25) is 4.90 Å². The molecule has 1 aliphatic rings. The Morgan fingerprint density at radius 3 is 2.65 bits per heavy atom. The van der Waals surface area contributed by atoms with E-state index < -0.39 is 0 Å².